The van der Waals surface area contributed by atoms with Crippen molar-refractivity contribution in [2.24, 2.45) is 5.92 Å². The number of hydrogen-bond acceptors (Lipinski definition) is 3. The average Bonchev–Trinajstić information content (AvgIpc) is 3.13. The maximum atomic E-state index is 13.6. The molecule has 1 aromatic heterocycles. The number of aryl methyl sites for hydroxylation is 1. The summed E-state index contributed by atoms with van der Waals surface area (Å²) in [6.07, 6.45) is 1.90. The van der Waals surface area contributed by atoms with E-state index in [1.54, 1.807) is 30.0 Å². The predicted molar refractivity (Wildman–Crippen MR) is 117 cm³/mol. The second-order valence-corrected chi connectivity index (χ2v) is 8.10. The third-order valence-corrected chi connectivity index (χ3v) is 5.04. The van der Waals surface area contributed by atoms with Crippen molar-refractivity contribution in [3.8, 4) is 0 Å². The fourth-order valence-electron chi connectivity index (χ4n) is 3.56. The molecule has 0 spiro atoms. The van der Waals surface area contributed by atoms with Gasteiger partial charge in [-0.3, -0.25) is 14.9 Å². The largest absolute Gasteiger partial charge is 0.345 e. The monoisotopic (exact) mass is 423 g/mol. The highest BCUT2D eigenvalue weighted by atomic mass is 19.1. The van der Waals surface area contributed by atoms with E-state index in [-0.39, 0.29) is 23.3 Å². The summed E-state index contributed by atoms with van der Waals surface area (Å²) in [5.41, 5.74) is 2.47. The smallest absolute Gasteiger partial charge is 0.273 e. The van der Waals surface area contributed by atoms with E-state index >= 15 is 0 Å². The predicted octanol–water partition coefficient (Wildman–Crippen LogP) is 5.19. The molecule has 0 fully saturated rings. The summed E-state index contributed by atoms with van der Waals surface area (Å²) in [5.74, 6) is -0.324. The topological polar surface area (TPSA) is 68.4 Å². The fraction of sp³-hybridized carbons (Fsp3) is 0.292. The van der Waals surface area contributed by atoms with E-state index in [1.807, 2.05) is 42.8 Å². The Morgan fingerprint density at radius 1 is 1.16 bits per heavy atom. The Balaban J connectivity index is 1.86. The lowest BCUT2D eigenvalue weighted by molar-refractivity contribution is -0.385. The lowest BCUT2D eigenvalue weighted by Gasteiger charge is -2.25. The van der Waals surface area contributed by atoms with E-state index in [0.29, 0.717) is 30.8 Å². The maximum Gasteiger partial charge on any atom is 0.273 e. The summed E-state index contributed by atoms with van der Waals surface area (Å²) in [6, 6.07) is 14.8. The minimum Gasteiger partial charge on any atom is -0.345 e. The normalized spacial score (nSPS) is 11.0. The quantitative estimate of drug-likeness (QED) is 0.370. The molecule has 7 heteroatoms. The molecule has 0 radical (unpaired) electrons. The molecular formula is C24H26FN3O3. The highest BCUT2D eigenvalue weighted by Crippen LogP contribution is 2.22. The highest BCUT2D eigenvalue weighted by molar-refractivity contribution is 5.95. The van der Waals surface area contributed by atoms with Crippen LogP contribution in [0.1, 0.15) is 41.0 Å². The number of nitrogens with zero attached hydrogens (tertiary/aromatic N) is 3. The van der Waals surface area contributed by atoms with Crippen molar-refractivity contribution in [3.05, 3.63) is 99.1 Å². The van der Waals surface area contributed by atoms with Crippen molar-refractivity contribution in [2.75, 3.05) is 6.54 Å². The molecule has 31 heavy (non-hydrogen) atoms. The van der Waals surface area contributed by atoms with Gasteiger partial charge in [-0.15, -0.1) is 0 Å². The molecule has 0 aliphatic heterocycles. The van der Waals surface area contributed by atoms with Crippen molar-refractivity contribution in [1.82, 2.24) is 9.47 Å². The zero-order valence-electron chi connectivity index (χ0n) is 17.9. The highest BCUT2D eigenvalue weighted by Gasteiger charge is 2.22. The molecule has 0 saturated heterocycles. The van der Waals surface area contributed by atoms with Crippen LogP contribution in [0.15, 0.2) is 60.8 Å². The minimum absolute atomic E-state index is 0.0650. The number of aromatic nitrogens is 1. The van der Waals surface area contributed by atoms with Crippen LogP contribution in [-0.4, -0.2) is 26.8 Å². The van der Waals surface area contributed by atoms with E-state index in [9.17, 15) is 19.3 Å². The first-order valence-electron chi connectivity index (χ1n) is 10.2. The first kappa shape index (κ1) is 22.2. The second kappa shape index (κ2) is 9.55. The zero-order chi connectivity index (χ0) is 22.5. The third-order valence-electron chi connectivity index (χ3n) is 5.04. The SMILES string of the molecule is Cc1ccc(C(=O)N(Cc2cccn2Cc2cccc(F)c2)CC(C)C)cc1[N+](=O)[O-]. The van der Waals surface area contributed by atoms with Gasteiger partial charge in [0.05, 0.1) is 11.5 Å². The van der Waals surface area contributed by atoms with Gasteiger partial charge in [-0.25, -0.2) is 4.39 Å². The van der Waals surface area contributed by atoms with Gasteiger partial charge in [0.15, 0.2) is 0 Å². The number of nitro groups is 1. The van der Waals surface area contributed by atoms with Crippen LogP contribution in [0.3, 0.4) is 0 Å². The van der Waals surface area contributed by atoms with Gasteiger partial charge in [0.25, 0.3) is 11.6 Å². The minimum atomic E-state index is -0.469. The number of carbonyl (C=O) groups is 1. The van der Waals surface area contributed by atoms with E-state index in [2.05, 4.69) is 0 Å². The van der Waals surface area contributed by atoms with Gasteiger partial charge in [-0.1, -0.05) is 32.0 Å². The van der Waals surface area contributed by atoms with Crippen LogP contribution in [0.25, 0.3) is 0 Å². The molecule has 0 atom stereocenters. The lowest BCUT2D eigenvalue weighted by Crippen LogP contribution is -2.34. The van der Waals surface area contributed by atoms with E-state index in [0.717, 1.165) is 11.3 Å². The summed E-state index contributed by atoms with van der Waals surface area (Å²) in [7, 11) is 0. The van der Waals surface area contributed by atoms with Crippen LogP contribution < -0.4 is 0 Å². The van der Waals surface area contributed by atoms with E-state index in [1.165, 1.54) is 18.2 Å². The standard InChI is InChI=1S/C24H26FN3O3/c1-17(2)14-27(24(29)20-10-9-18(3)23(13-20)28(30)31)16-22-8-5-11-26(22)15-19-6-4-7-21(25)12-19/h4-13,17H,14-16H2,1-3H3. The maximum absolute atomic E-state index is 13.6. The molecule has 0 aliphatic rings. The van der Waals surface area contributed by atoms with Gasteiger partial charge < -0.3 is 9.47 Å². The molecule has 0 unspecified atom stereocenters. The Bertz CT molecular complexity index is 1090. The molecule has 1 amide bonds. The summed E-state index contributed by atoms with van der Waals surface area (Å²) in [5, 5.41) is 11.3. The van der Waals surface area contributed by atoms with Crippen molar-refractivity contribution in [1.29, 1.82) is 0 Å². The number of rotatable bonds is 8. The molecule has 2 aromatic carbocycles. The van der Waals surface area contributed by atoms with Gasteiger partial charge >= 0.3 is 0 Å². The summed E-state index contributed by atoms with van der Waals surface area (Å²) in [6.45, 7) is 7.03. The van der Waals surface area contributed by atoms with E-state index in [4.69, 9.17) is 0 Å². The van der Waals surface area contributed by atoms with Gasteiger partial charge in [0.2, 0.25) is 0 Å². The molecule has 0 aliphatic carbocycles. The fourth-order valence-corrected chi connectivity index (χ4v) is 3.56. The molecule has 0 saturated carbocycles. The van der Waals surface area contributed by atoms with Crippen molar-refractivity contribution in [2.45, 2.75) is 33.9 Å². The molecule has 3 rings (SSSR count). The Morgan fingerprint density at radius 2 is 1.94 bits per heavy atom. The molecule has 0 N–H and O–H groups in total. The number of amides is 1. The summed E-state index contributed by atoms with van der Waals surface area (Å²) in [4.78, 5) is 25.8. The third kappa shape index (κ3) is 5.57. The number of nitro benzene ring substituents is 1. The van der Waals surface area contributed by atoms with Crippen LogP contribution in [0.4, 0.5) is 10.1 Å². The van der Waals surface area contributed by atoms with Crippen LogP contribution in [-0.2, 0) is 13.1 Å². The van der Waals surface area contributed by atoms with Crippen LogP contribution in [0.2, 0.25) is 0 Å². The Kier molecular flexibility index (Phi) is 6.84. The zero-order valence-corrected chi connectivity index (χ0v) is 17.9. The first-order chi connectivity index (χ1) is 14.7. The summed E-state index contributed by atoms with van der Waals surface area (Å²) < 4.78 is 15.5. The first-order valence-corrected chi connectivity index (χ1v) is 10.2. The Morgan fingerprint density at radius 3 is 2.61 bits per heavy atom. The molecular weight excluding hydrogens is 397 g/mol. The van der Waals surface area contributed by atoms with Crippen LogP contribution in [0, 0.1) is 28.8 Å². The number of carbonyl (C=O) groups excluding carboxylic acids is 1. The second-order valence-electron chi connectivity index (χ2n) is 8.10. The van der Waals surface area contributed by atoms with Gasteiger partial charge in [0, 0.05) is 42.2 Å². The van der Waals surface area contributed by atoms with Gasteiger partial charge in [-0.05, 0) is 48.7 Å². The molecule has 3 aromatic rings. The lowest BCUT2D eigenvalue weighted by atomic mass is 10.1. The summed E-state index contributed by atoms with van der Waals surface area (Å²) >= 11 is 0. The average molecular weight is 423 g/mol. The molecule has 0 bridgehead atoms. The molecule has 1 heterocycles. The van der Waals surface area contributed by atoms with Crippen LogP contribution in [0.5, 0.6) is 0 Å². The van der Waals surface area contributed by atoms with Crippen molar-refractivity contribution >= 4 is 11.6 Å². The van der Waals surface area contributed by atoms with E-state index < -0.39 is 4.92 Å². The number of benzene rings is 2. The molecule has 6 nitrogen and oxygen atoms in total. The number of hydrogen-bond donors (Lipinski definition) is 0. The van der Waals surface area contributed by atoms with Crippen molar-refractivity contribution < 1.29 is 14.1 Å². The number of halogens is 1. The van der Waals surface area contributed by atoms with Crippen LogP contribution >= 0.6 is 0 Å². The van der Waals surface area contributed by atoms with Gasteiger partial charge in [0.1, 0.15) is 5.82 Å². The van der Waals surface area contributed by atoms with Crippen molar-refractivity contribution in [3.63, 3.8) is 0 Å². The Labute approximate surface area is 181 Å². The Hall–Kier alpha value is -3.48. The van der Waals surface area contributed by atoms with Gasteiger partial charge in [-0.2, -0.15) is 0 Å². The molecule has 162 valence electrons.